The number of carbonyl (C=O) groups is 2. The number of rotatable bonds is 13. The molecule has 46 heavy (non-hydrogen) atoms. The highest BCUT2D eigenvalue weighted by atomic mass is 32.2. The SMILES string of the molecule is CC(C)OC(=O)C(C)NP(=O)(Oc1ccccc1)N(C)C(=O)c1ccccc1Sc1ccc(C(=N)/C=C/c2ccccn2)c(N)c1. The molecule has 4 aromatic rings. The van der Waals surface area contributed by atoms with Crippen molar-refractivity contribution >= 4 is 48.8 Å². The molecule has 0 radical (unpaired) electrons. The van der Waals surface area contributed by atoms with Crippen molar-refractivity contribution < 1.29 is 23.4 Å². The highest BCUT2D eigenvalue weighted by Crippen LogP contribution is 2.48. The Labute approximate surface area is 273 Å². The topological polar surface area (TPSA) is 148 Å². The monoisotopic (exact) mass is 657 g/mol. The van der Waals surface area contributed by atoms with Crippen molar-refractivity contribution in [3.8, 4) is 5.75 Å². The largest absolute Gasteiger partial charge is 0.462 e. The van der Waals surface area contributed by atoms with Gasteiger partial charge < -0.3 is 20.4 Å². The number of nitrogens with two attached hydrogens (primary N) is 1. The number of amides is 1. The predicted molar refractivity (Wildman–Crippen MR) is 182 cm³/mol. The molecule has 0 aliphatic rings. The minimum atomic E-state index is -4.19. The Morgan fingerprint density at radius 2 is 1.67 bits per heavy atom. The summed E-state index contributed by atoms with van der Waals surface area (Å²) in [6.07, 6.45) is 4.68. The Balaban J connectivity index is 1.57. The number of pyridine rings is 1. The third-order valence-electron chi connectivity index (χ3n) is 6.49. The number of esters is 1. The van der Waals surface area contributed by atoms with E-state index in [4.69, 9.17) is 20.4 Å². The van der Waals surface area contributed by atoms with Gasteiger partial charge in [-0.15, -0.1) is 0 Å². The first-order chi connectivity index (χ1) is 22.0. The van der Waals surface area contributed by atoms with Gasteiger partial charge in [-0.05, 0) is 87.5 Å². The Morgan fingerprint density at radius 1 is 0.978 bits per heavy atom. The summed E-state index contributed by atoms with van der Waals surface area (Å²) in [5.74, 6) is -0.976. The van der Waals surface area contributed by atoms with Crippen LogP contribution in [0.1, 0.15) is 42.4 Å². The molecule has 2 atom stereocenters. The van der Waals surface area contributed by atoms with Gasteiger partial charge in [0.2, 0.25) is 0 Å². The number of nitrogens with zero attached hydrogens (tertiary/aromatic N) is 2. The van der Waals surface area contributed by atoms with Crippen molar-refractivity contribution in [3.05, 3.63) is 120 Å². The number of allylic oxidation sites excluding steroid dienone is 1. The fourth-order valence-electron chi connectivity index (χ4n) is 4.17. The summed E-state index contributed by atoms with van der Waals surface area (Å²) in [7, 11) is -2.84. The van der Waals surface area contributed by atoms with Crippen LogP contribution >= 0.6 is 19.4 Å². The molecule has 3 aromatic carbocycles. The predicted octanol–water partition coefficient (Wildman–Crippen LogP) is 7.09. The van der Waals surface area contributed by atoms with E-state index >= 15 is 0 Å². The van der Waals surface area contributed by atoms with E-state index in [0.717, 1.165) is 15.3 Å². The molecule has 1 heterocycles. The van der Waals surface area contributed by atoms with Gasteiger partial charge in [0, 0.05) is 34.3 Å². The smallest absolute Gasteiger partial charge is 0.422 e. The standard InChI is InChI=1S/C34H36N5O5PS/c1-23(2)43-34(41)24(3)38-45(42,44-26-13-6-5-7-14-26)39(4)33(40)29-15-8-9-16-32(29)46-27-18-19-28(31(36)22-27)30(35)20-17-25-12-10-11-21-37-25/h5-24,35H,36H2,1-4H3,(H,38,42)/b20-17+,35-30?. The Hall–Kier alpha value is -4.70. The van der Waals surface area contributed by atoms with Crippen molar-refractivity contribution in [1.82, 2.24) is 14.7 Å². The van der Waals surface area contributed by atoms with Gasteiger partial charge in [0.05, 0.1) is 23.1 Å². The molecule has 0 saturated carbocycles. The lowest BCUT2D eigenvalue weighted by atomic mass is 10.1. The van der Waals surface area contributed by atoms with Gasteiger partial charge in [-0.25, -0.2) is 14.3 Å². The molecule has 1 amide bonds. The van der Waals surface area contributed by atoms with Gasteiger partial charge in [-0.2, -0.15) is 0 Å². The van der Waals surface area contributed by atoms with Crippen LogP contribution in [0.4, 0.5) is 5.69 Å². The zero-order valence-electron chi connectivity index (χ0n) is 25.9. The highest BCUT2D eigenvalue weighted by Gasteiger charge is 2.39. The third kappa shape index (κ3) is 8.94. The fourth-order valence-corrected chi connectivity index (χ4v) is 6.85. The van der Waals surface area contributed by atoms with Gasteiger partial charge in [-0.1, -0.05) is 48.2 Å². The van der Waals surface area contributed by atoms with Crippen LogP contribution in [0.2, 0.25) is 0 Å². The van der Waals surface area contributed by atoms with E-state index in [9.17, 15) is 14.2 Å². The number of nitrogens with one attached hydrogen (secondary N) is 2. The van der Waals surface area contributed by atoms with Crippen LogP contribution in [0.15, 0.2) is 113 Å². The van der Waals surface area contributed by atoms with Crippen LogP contribution in [0.5, 0.6) is 5.75 Å². The van der Waals surface area contributed by atoms with Crippen molar-refractivity contribution in [1.29, 1.82) is 5.41 Å². The van der Waals surface area contributed by atoms with Gasteiger partial charge >= 0.3 is 13.6 Å². The van der Waals surface area contributed by atoms with E-state index in [-0.39, 0.29) is 23.1 Å². The fraction of sp³-hybridized carbons (Fsp3) is 0.176. The van der Waals surface area contributed by atoms with Crippen LogP contribution in [-0.2, 0) is 14.1 Å². The number of carbonyl (C=O) groups excluding carboxylic acids is 2. The number of benzene rings is 3. The number of nitrogen functional groups attached to an aromatic ring is 1. The summed E-state index contributed by atoms with van der Waals surface area (Å²) in [6, 6.07) is 25.1. The summed E-state index contributed by atoms with van der Waals surface area (Å²) in [4.78, 5) is 32.1. The Morgan fingerprint density at radius 3 is 2.35 bits per heavy atom. The maximum Gasteiger partial charge on any atom is 0.422 e. The van der Waals surface area contributed by atoms with Crippen molar-refractivity contribution in [2.45, 2.75) is 42.7 Å². The minimum Gasteiger partial charge on any atom is -0.462 e. The molecule has 0 aliphatic carbocycles. The molecule has 10 nitrogen and oxygen atoms in total. The summed E-state index contributed by atoms with van der Waals surface area (Å²) in [5, 5.41) is 11.2. The molecule has 238 valence electrons. The quantitative estimate of drug-likeness (QED) is 0.0593. The molecule has 0 saturated heterocycles. The molecule has 0 spiro atoms. The van der Waals surface area contributed by atoms with Gasteiger partial charge in [-0.3, -0.25) is 14.6 Å². The van der Waals surface area contributed by atoms with Crippen LogP contribution in [0, 0.1) is 5.41 Å². The van der Waals surface area contributed by atoms with E-state index < -0.39 is 25.6 Å². The lowest BCUT2D eigenvalue weighted by molar-refractivity contribution is -0.149. The molecule has 4 rings (SSSR count). The Kier molecular flexibility index (Phi) is 11.5. The van der Waals surface area contributed by atoms with E-state index in [2.05, 4.69) is 10.1 Å². The van der Waals surface area contributed by atoms with Crippen LogP contribution in [-0.4, -0.2) is 46.4 Å². The Bertz CT molecular complexity index is 1770. The second kappa shape index (κ2) is 15.5. The first-order valence-corrected chi connectivity index (χ1v) is 16.8. The summed E-state index contributed by atoms with van der Waals surface area (Å²) >= 11 is 1.29. The lowest BCUT2D eigenvalue weighted by Gasteiger charge is -2.30. The second-order valence-electron chi connectivity index (χ2n) is 10.4. The number of hydrogen-bond acceptors (Lipinski definition) is 9. The van der Waals surface area contributed by atoms with Crippen molar-refractivity contribution in [2.75, 3.05) is 12.8 Å². The van der Waals surface area contributed by atoms with E-state index in [1.54, 1.807) is 98.9 Å². The molecule has 0 aliphatic heterocycles. The number of ether oxygens (including phenoxy) is 1. The zero-order valence-corrected chi connectivity index (χ0v) is 27.6. The van der Waals surface area contributed by atoms with Crippen LogP contribution < -0.4 is 15.3 Å². The first-order valence-electron chi connectivity index (χ1n) is 14.4. The summed E-state index contributed by atoms with van der Waals surface area (Å²) < 4.78 is 26.5. The number of para-hydroxylation sites is 1. The lowest BCUT2D eigenvalue weighted by Crippen LogP contribution is -2.41. The molecule has 4 N–H and O–H groups in total. The second-order valence-corrected chi connectivity index (χ2v) is 13.6. The van der Waals surface area contributed by atoms with Crippen molar-refractivity contribution in [3.63, 3.8) is 0 Å². The molecular formula is C34H36N5O5PS. The van der Waals surface area contributed by atoms with E-state index in [1.807, 2.05) is 24.3 Å². The first kappa shape index (κ1) is 34.2. The molecule has 0 bridgehead atoms. The normalized spacial score (nSPS) is 13.2. The third-order valence-corrected chi connectivity index (χ3v) is 9.70. The molecule has 12 heteroatoms. The summed E-state index contributed by atoms with van der Waals surface area (Å²) in [5.41, 5.74) is 8.51. The number of anilines is 1. The molecular weight excluding hydrogens is 621 g/mol. The number of hydrogen-bond donors (Lipinski definition) is 3. The van der Waals surface area contributed by atoms with Crippen LogP contribution in [0.25, 0.3) is 6.08 Å². The highest BCUT2D eigenvalue weighted by molar-refractivity contribution is 7.99. The zero-order chi connectivity index (χ0) is 33.3. The maximum absolute atomic E-state index is 14.4. The molecule has 0 fully saturated rings. The molecule has 1 aromatic heterocycles. The van der Waals surface area contributed by atoms with E-state index in [0.29, 0.717) is 16.1 Å². The van der Waals surface area contributed by atoms with Gasteiger partial charge in [0.15, 0.2) is 0 Å². The van der Waals surface area contributed by atoms with Gasteiger partial charge in [0.1, 0.15) is 11.8 Å². The minimum absolute atomic E-state index is 0.227. The van der Waals surface area contributed by atoms with E-state index in [1.165, 1.54) is 25.7 Å². The average molecular weight is 658 g/mol. The maximum atomic E-state index is 14.4. The van der Waals surface area contributed by atoms with Gasteiger partial charge in [0.25, 0.3) is 5.91 Å². The average Bonchev–Trinajstić information content (AvgIpc) is 3.04. The molecule has 2 unspecified atom stereocenters. The summed E-state index contributed by atoms with van der Waals surface area (Å²) in [6.45, 7) is 4.91. The van der Waals surface area contributed by atoms with Crippen LogP contribution in [0.3, 0.4) is 0 Å². The number of aromatic nitrogens is 1. The van der Waals surface area contributed by atoms with Crippen molar-refractivity contribution in [2.24, 2.45) is 0 Å².